The molecule has 3 aromatic carbocycles. The van der Waals surface area contributed by atoms with Crippen LogP contribution in [0.2, 0.25) is 0 Å². The molecule has 1 aromatic heterocycles. The number of nitrogens with zero attached hydrogens (tertiary/aromatic N) is 2. The normalized spacial score (nSPS) is 15.6. The summed E-state index contributed by atoms with van der Waals surface area (Å²) in [6.45, 7) is 14.5. The number of thiophene rings is 1. The number of fused-ring (bicyclic) bond motifs is 1. The zero-order valence-corrected chi connectivity index (χ0v) is 25.2. The minimum atomic E-state index is 0.437. The Bertz CT molecular complexity index is 1330. The molecule has 1 aliphatic rings. The van der Waals surface area contributed by atoms with E-state index in [0.29, 0.717) is 18.0 Å². The lowest BCUT2D eigenvalue weighted by atomic mass is 9.94. The van der Waals surface area contributed by atoms with Gasteiger partial charge in [-0.25, -0.2) is 0 Å². The van der Waals surface area contributed by atoms with Gasteiger partial charge in [0.25, 0.3) is 0 Å². The van der Waals surface area contributed by atoms with Crippen LogP contribution in [0.5, 0.6) is 0 Å². The molecule has 39 heavy (non-hydrogen) atoms. The Kier molecular flexibility index (Phi) is 8.89. The van der Waals surface area contributed by atoms with E-state index in [-0.39, 0.29) is 0 Å². The lowest BCUT2D eigenvalue weighted by molar-refractivity contribution is 0.177. The second-order valence-corrected chi connectivity index (χ2v) is 12.5. The number of rotatable bonds is 10. The maximum Gasteiger partial charge on any atom is 0.0432 e. The van der Waals surface area contributed by atoms with E-state index in [1.165, 1.54) is 56.8 Å². The van der Waals surface area contributed by atoms with Crippen molar-refractivity contribution in [2.24, 2.45) is 0 Å². The van der Waals surface area contributed by atoms with Crippen LogP contribution in [0.25, 0.3) is 11.1 Å². The van der Waals surface area contributed by atoms with Crippen molar-refractivity contribution in [2.75, 3.05) is 4.90 Å². The van der Waals surface area contributed by atoms with Crippen molar-refractivity contribution >= 4 is 17.0 Å². The van der Waals surface area contributed by atoms with E-state index >= 15 is 0 Å². The molecule has 1 atom stereocenters. The van der Waals surface area contributed by atoms with Crippen LogP contribution < -0.4 is 4.90 Å². The lowest BCUT2D eigenvalue weighted by Crippen LogP contribution is -2.37. The smallest absolute Gasteiger partial charge is 0.0432 e. The minimum Gasteiger partial charge on any atom is -0.365 e. The molecule has 3 heteroatoms. The van der Waals surface area contributed by atoms with E-state index < -0.39 is 0 Å². The predicted octanol–water partition coefficient (Wildman–Crippen LogP) is 9.68. The molecule has 0 amide bonds. The standard InChI is InChI=1S/C36H44N2S/c1-6-29(7-2)30-16-18-35(19-17-30)38(26(3)4)22-28-12-14-31(15-13-28)34-21-36(39-25-34)24-37-23-33-11-9-8-10-32(33)20-27(37)5/h8-19,21,25-27,29H,6-7,20,22-24H2,1-5H3. The van der Waals surface area contributed by atoms with Crippen molar-refractivity contribution in [1.29, 1.82) is 0 Å². The first-order valence-corrected chi connectivity index (χ1v) is 15.7. The van der Waals surface area contributed by atoms with Gasteiger partial charge in [0.2, 0.25) is 0 Å². The highest BCUT2D eigenvalue weighted by molar-refractivity contribution is 7.10. The van der Waals surface area contributed by atoms with Crippen molar-refractivity contribution in [3.8, 4) is 11.1 Å². The third-order valence-corrected chi connectivity index (χ3v) is 9.51. The second kappa shape index (κ2) is 12.5. The maximum atomic E-state index is 2.62. The highest BCUT2D eigenvalue weighted by Gasteiger charge is 2.23. The molecule has 0 N–H and O–H groups in total. The van der Waals surface area contributed by atoms with Crippen molar-refractivity contribution in [2.45, 2.75) is 91.5 Å². The molecule has 0 saturated carbocycles. The van der Waals surface area contributed by atoms with Gasteiger partial charge < -0.3 is 4.90 Å². The van der Waals surface area contributed by atoms with E-state index in [2.05, 4.69) is 129 Å². The number of hydrogen-bond acceptors (Lipinski definition) is 3. The van der Waals surface area contributed by atoms with Gasteiger partial charge in [0.1, 0.15) is 0 Å². The Balaban J connectivity index is 1.24. The summed E-state index contributed by atoms with van der Waals surface area (Å²) in [6, 6.07) is 30.9. The molecule has 204 valence electrons. The lowest BCUT2D eigenvalue weighted by Gasteiger charge is -2.34. The van der Waals surface area contributed by atoms with E-state index in [9.17, 15) is 0 Å². The Morgan fingerprint density at radius 1 is 0.872 bits per heavy atom. The van der Waals surface area contributed by atoms with Crippen LogP contribution in [-0.4, -0.2) is 17.0 Å². The summed E-state index contributed by atoms with van der Waals surface area (Å²) in [7, 11) is 0. The Hall–Kier alpha value is -2.88. The SMILES string of the molecule is CCC(CC)c1ccc(N(Cc2ccc(-c3csc(CN4Cc5ccccc5CC4C)c3)cc2)C(C)C)cc1. The van der Waals surface area contributed by atoms with E-state index in [1.54, 1.807) is 0 Å². The average molecular weight is 537 g/mol. The molecular weight excluding hydrogens is 492 g/mol. The highest BCUT2D eigenvalue weighted by atomic mass is 32.1. The Morgan fingerprint density at radius 3 is 2.23 bits per heavy atom. The van der Waals surface area contributed by atoms with Crippen LogP contribution in [0.1, 0.15) is 80.5 Å². The Labute approximate surface area is 240 Å². The first kappa shape index (κ1) is 27.7. The summed E-state index contributed by atoms with van der Waals surface area (Å²) in [5.41, 5.74) is 9.77. The summed E-state index contributed by atoms with van der Waals surface area (Å²) >= 11 is 1.89. The third kappa shape index (κ3) is 6.48. The maximum absolute atomic E-state index is 2.62. The summed E-state index contributed by atoms with van der Waals surface area (Å²) in [6.07, 6.45) is 3.55. The topological polar surface area (TPSA) is 6.48 Å². The van der Waals surface area contributed by atoms with Gasteiger partial charge >= 0.3 is 0 Å². The fraction of sp³-hybridized carbons (Fsp3) is 0.389. The van der Waals surface area contributed by atoms with E-state index in [4.69, 9.17) is 0 Å². The summed E-state index contributed by atoms with van der Waals surface area (Å²) < 4.78 is 0. The van der Waals surface area contributed by atoms with Gasteiger partial charge in [-0.05, 0) is 103 Å². The van der Waals surface area contributed by atoms with Gasteiger partial charge in [-0.15, -0.1) is 11.3 Å². The molecule has 4 aromatic rings. The molecule has 0 radical (unpaired) electrons. The van der Waals surface area contributed by atoms with Gasteiger partial charge in [-0.3, -0.25) is 4.90 Å². The van der Waals surface area contributed by atoms with Crippen LogP contribution in [0, 0.1) is 0 Å². The predicted molar refractivity (Wildman–Crippen MR) is 170 cm³/mol. The molecule has 1 aliphatic heterocycles. The van der Waals surface area contributed by atoms with Gasteiger partial charge in [-0.1, -0.05) is 74.5 Å². The highest BCUT2D eigenvalue weighted by Crippen LogP contribution is 2.31. The van der Waals surface area contributed by atoms with Gasteiger partial charge in [0.15, 0.2) is 0 Å². The summed E-state index contributed by atoms with van der Waals surface area (Å²) in [5, 5.41) is 2.33. The first-order valence-electron chi connectivity index (χ1n) is 14.8. The fourth-order valence-electron chi connectivity index (χ4n) is 6.03. The molecule has 0 saturated heterocycles. The quantitative estimate of drug-likeness (QED) is 0.199. The second-order valence-electron chi connectivity index (χ2n) is 11.6. The van der Waals surface area contributed by atoms with E-state index in [0.717, 1.165) is 26.1 Å². The fourth-order valence-corrected chi connectivity index (χ4v) is 6.95. The van der Waals surface area contributed by atoms with Gasteiger partial charge in [0, 0.05) is 42.3 Å². The zero-order chi connectivity index (χ0) is 27.4. The van der Waals surface area contributed by atoms with Crippen molar-refractivity contribution in [3.05, 3.63) is 111 Å². The molecule has 1 unspecified atom stereocenters. The molecule has 0 aliphatic carbocycles. The van der Waals surface area contributed by atoms with Crippen molar-refractivity contribution in [1.82, 2.24) is 4.90 Å². The monoisotopic (exact) mass is 536 g/mol. The first-order chi connectivity index (χ1) is 18.9. The van der Waals surface area contributed by atoms with Crippen LogP contribution in [0.15, 0.2) is 84.2 Å². The molecule has 2 nitrogen and oxygen atoms in total. The van der Waals surface area contributed by atoms with Crippen molar-refractivity contribution in [3.63, 3.8) is 0 Å². The zero-order valence-electron chi connectivity index (χ0n) is 24.4. The number of anilines is 1. The van der Waals surface area contributed by atoms with Crippen LogP contribution in [-0.2, 0) is 26.1 Å². The van der Waals surface area contributed by atoms with E-state index in [1.807, 2.05) is 11.3 Å². The molecule has 2 heterocycles. The van der Waals surface area contributed by atoms with Gasteiger partial charge in [0.05, 0.1) is 0 Å². The van der Waals surface area contributed by atoms with Crippen LogP contribution >= 0.6 is 11.3 Å². The average Bonchev–Trinajstić information content (AvgIpc) is 3.42. The Morgan fingerprint density at radius 2 is 1.56 bits per heavy atom. The van der Waals surface area contributed by atoms with Crippen LogP contribution in [0.4, 0.5) is 5.69 Å². The molecule has 5 rings (SSSR count). The molecule has 0 spiro atoms. The van der Waals surface area contributed by atoms with Crippen LogP contribution in [0.3, 0.4) is 0 Å². The number of benzene rings is 3. The third-order valence-electron chi connectivity index (χ3n) is 8.59. The molecule has 0 bridgehead atoms. The van der Waals surface area contributed by atoms with Gasteiger partial charge in [-0.2, -0.15) is 0 Å². The largest absolute Gasteiger partial charge is 0.365 e. The van der Waals surface area contributed by atoms with Crippen molar-refractivity contribution < 1.29 is 0 Å². The summed E-state index contributed by atoms with van der Waals surface area (Å²) in [4.78, 5) is 6.58. The molecule has 0 fully saturated rings. The number of hydrogen-bond donors (Lipinski definition) is 0. The molecular formula is C36H44N2S. The minimum absolute atomic E-state index is 0.437. The summed E-state index contributed by atoms with van der Waals surface area (Å²) in [5.74, 6) is 0.664.